The van der Waals surface area contributed by atoms with E-state index in [9.17, 15) is 34.2 Å². The van der Waals surface area contributed by atoms with Crippen molar-refractivity contribution in [2.45, 2.75) is 22.6 Å². The largest absolute Gasteiger partial charge is 0.508 e. The number of thioether (sulfide) groups is 2. The van der Waals surface area contributed by atoms with Crippen LogP contribution in [-0.4, -0.2) is 123 Å². The van der Waals surface area contributed by atoms with Gasteiger partial charge in [0.2, 0.25) is 22.4 Å². The van der Waals surface area contributed by atoms with Crippen LogP contribution in [-0.2, 0) is 21.4 Å². The zero-order valence-electron chi connectivity index (χ0n) is 26.8. The SMILES string of the molecule is Cn1nnnc1SCC1=C(C(=O)O)N2C(=O)[C@@H](NC(=O)C(NC(=O)c3c[nH]c4nc(N5CCNCC5)ncc4c3=O)c3ccc(O)cc3)[C@H]2SC1. The number of β-lactam (4-membered cyclic amide) rings is 1. The topological polar surface area (TPSA) is 254 Å². The molecule has 0 aliphatic carbocycles. The average Bonchev–Trinajstić information content (AvgIpc) is 3.56. The number of fused-ring (bicyclic) bond motifs is 2. The minimum Gasteiger partial charge on any atom is -0.508 e. The molecule has 0 saturated carbocycles. The highest BCUT2D eigenvalue weighted by atomic mass is 32.2. The van der Waals surface area contributed by atoms with Gasteiger partial charge in [-0.2, -0.15) is 4.98 Å². The molecular weight excluding hydrogens is 705 g/mol. The molecule has 1 aromatic carbocycles. The van der Waals surface area contributed by atoms with E-state index in [0.29, 0.717) is 29.8 Å². The van der Waals surface area contributed by atoms with Crippen LogP contribution in [0.15, 0.2) is 57.9 Å². The number of anilines is 1. The summed E-state index contributed by atoms with van der Waals surface area (Å²) in [6, 6.07) is 2.98. The number of phenolic OH excluding ortho intramolecular Hbond substituents is 1. The van der Waals surface area contributed by atoms with E-state index in [1.54, 1.807) is 7.05 Å². The monoisotopic (exact) mass is 734 g/mol. The molecule has 0 radical (unpaired) electrons. The van der Waals surface area contributed by atoms with E-state index in [2.05, 4.69) is 46.4 Å². The summed E-state index contributed by atoms with van der Waals surface area (Å²) < 4.78 is 1.45. The number of phenols is 1. The van der Waals surface area contributed by atoms with Gasteiger partial charge in [-0.25, -0.2) is 14.5 Å². The van der Waals surface area contributed by atoms with Crippen molar-refractivity contribution in [1.29, 1.82) is 0 Å². The zero-order chi connectivity index (χ0) is 35.8. The van der Waals surface area contributed by atoms with Gasteiger partial charge in [0, 0.05) is 57.1 Å². The van der Waals surface area contributed by atoms with Gasteiger partial charge in [-0.15, -0.1) is 16.9 Å². The molecule has 3 amide bonds. The van der Waals surface area contributed by atoms with Crippen molar-refractivity contribution in [2.24, 2.45) is 7.05 Å². The van der Waals surface area contributed by atoms with Crippen LogP contribution in [0.5, 0.6) is 5.75 Å². The molecule has 0 spiro atoms. The molecule has 2 saturated heterocycles. The number of carbonyl (C=O) groups is 4. The number of aromatic hydroxyl groups is 1. The van der Waals surface area contributed by atoms with Crippen molar-refractivity contribution in [3.05, 3.63) is 69.3 Å². The average molecular weight is 735 g/mol. The summed E-state index contributed by atoms with van der Waals surface area (Å²) in [7, 11) is 1.65. The van der Waals surface area contributed by atoms with Gasteiger partial charge in [-0.1, -0.05) is 23.9 Å². The Morgan fingerprint density at radius 3 is 2.63 bits per heavy atom. The van der Waals surface area contributed by atoms with Crippen LogP contribution in [0.4, 0.5) is 5.95 Å². The lowest BCUT2D eigenvalue weighted by Gasteiger charge is -2.49. The van der Waals surface area contributed by atoms with E-state index in [1.807, 2.05) is 4.90 Å². The number of hydrogen-bond acceptors (Lipinski definition) is 15. The maximum absolute atomic E-state index is 13.8. The maximum atomic E-state index is 13.8. The van der Waals surface area contributed by atoms with Gasteiger partial charge in [0.25, 0.3) is 11.8 Å². The Kier molecular flexibility index (Phi) is 9.31. The Morgan fingerprint density at radius 2 is 1.92 bits per heavy atom. The van der Waals surface area contributed by atoms with Gasteiger partial charge in [0.1, 0.15) is 40.1 Å². The first-order valence-corrected chi connectivity index (χ1v) is 17.6. The molecule has 3 aliphatic rings. The third kappa shape index (κ3) is 6.57. The quantitative estimate of drug-likeness (QED) is 0.0840. The Balaban J connectivity index is 1.09. The highest BCUT2D eigenvalue weighted by Gasteiger charge is 2.54. The lowest BCUT2D eigenvalue weighted by atomic mass is 10.0. The van der Waals surface area contributed by atoms with E-state index < -0.39 is 46.6 Å². The van der Waals surface area contributed by atoms with E-state index in [4.69, 9.17) is 0 Å². The highest BCUT2D eigenvalue weighted by Crippen LogP contribution is 2.41. The van der Waals surface area contributed by atoms with Crippen LogP contribution in [0.3, 0.4) is 0 Å². The summed E-state index contributed by atoms with van der Waals surface area (Å²) in [5.41, 5.74) is -0.129. The number of hydrogen-bond donors (Lipinski definition) is 6. The van der Waals surface area contributed by atoms with Gasteiger partial charge in [-0.05, 0) is 33.7 Å². The molecule has 6 heterocycles. The first-order chi connectivity index (χ1) is 24.6. The predicted molar refractivity (Wildman–Crippen MR) is 183 cm³/mol. The first kappa shape index (κ1) is 33.9. The lowest BCUT2D eigenvalue weighted by Crippen LogP contribution is -2.71. The Bertz CT molecular complexity index is 2130. The minimum atomic E-state index is -1.41. The third-order valence-corrected chi connectivity index (χ3v) is 11.0. The normalized spacial score (nSPS) is 19.4. The summed E-state index contributed by atoms with van der Waals surface area (Å²) in [6.45, 7) is 2.93. The maximum Gasteiger partial charge on any atom is 0.352 e. The number of amides is 3. The number of carboxylic acids is 1. The fourth-order valence-corrected chi connectivity index (χ4v) is 8.22. The second-order valence-electron chi connectivity index (χ2n) is 11.7. The smallest absolute Gasteiger partial charge is 0.352 e. The van der Waals surface area contributed by atoms with Gasteiger partial charge in [0.05, 0.1) is 5.39 Å². The Labute approximate surface area is 296 Å². The lowest BCUT2D eigenvalue weighted by molar-refractivity contribution is -0.151. The molecule has 264 valence electrons. The number of nitrogens with one attached hydrogen (secondary N) is 4. The fourth-order valence-electron chi connectivity index (χ4n) is 5.89. The van der Waals surface area contributed by atoms with Crippen molar-refractivity contribution < 1.29 is 29.4 Å². The minimum absolute atomic E-state index is 0.0787. The molecular formula is C30H30N12O7S2. The van der Waals surface area contributed by atoms with Crippen LogP contribution >= 0.6 is 23.5 Å². The number of nitrogens with zero attached hydrogens (tertiary/aromatic N) is 8. The fraction of sp³-hybridized carbons (Fsp3) is 0.333. The Hall–Kier alpha value is -5.54. The standard InChI is InChI=1S/C30H30N12O7S2/c1-40-30(37-38-39-40)51-13-15-12-50-27-20(26(47)42(27)21(15)28(48)49)35-25(46)19(14-2-4-16(43)5-3-14)34-24(45)18-11-32-23-17(22(18)44)10-33-29(36-23)41-8-6-31-7-9-41/h2-5,10-11,19-20,27,31,43H,6-9,12-13H2,1H3,(H,34,45)(H,35,46)(H,48,49)(H,32,33,36,44)/t19?,20-,27-/m1/s1. The summed E-state index contributed by atoms with van der Waals surface area (Å²) in [6.07, 6.45) is 2.56. The zero-order valence-corrected chi connectivity index (χ0v) is 28.4. The molecule has 2 fully saturated rings. The third-order valence-electron chi connectivity index (χ3n) is 8.53. The summed E-state index contributed by atoms with van der Waals surface area (Å²) in [4.78, 5) is 81.3. The van der Waals surface area contributed by atoms with Crippen molar-refractivity contribution >= 4 is 64.2 Å². The van der Waals surface area contributed by atoms with Crippen LogP contribution < -0.4 is 26.3 Å². The molecule has 4 aromatic rings. The highest BCUT2D eigenvalue weighted by molar-refractivity contribution is 8.01. The number of aryl methyl sites for hydroxylation is 1. The number of pyridine rings is 1. The van der Waals surface area contributed by atoms with E-state index >= 15 is 0 Å². The number of tetrazole rings is 1. The second-order valence-corrected chi connectivity index (χ2v) is 13.8. The molecule has 0 bridgehead atoms. The molecule has 7 rings (SSSR count). The number of aromatic nitrogens is 7. The van der Waals surface area contributed by atoms with Crippen LogP contribution in [0.2, 0.25) is 0 Å². The Morgan fingerprint density at radius 1 is 1.16 bits per heavy atom. The molecule has 21 heteroatoms. The van der Waals surface area contributed by atoms with Crippen molar-refractivity contribution in [2.75, 3.05) is 42.6 Å². The van der Waals surface area contributed by atoms with E-state index in [0.717, 1.165) is 18.0 Å². The number of rotatable bonds is 10. The van der Waals surface area contributed by atoms with E-state index in [1.165, 1.54) is 64.9 Å². The number of carbonyl (C=O) groups excluding carboxylic acids is 3. The van der Waals surface area contributed by atoms with Crippen LogP contribution in [0.1, 0.15) is 22.0 Å². The molecule has 1 unspecified atom stereocenters. The number of aliphatic carboxylic acids is 1. The van der Waals surface area contributed by atoms with Crippen molar-refractivity contribution in [1.82, 2.24) is 56.0 Å². The van der Waals surface area contributed by atoms with Gasteiger partial charge in [-0.3, -0.25) is 24.1 Å². The van der Waals surface area contributed by atoms with Crippen molar-refractivity contribution in [3.8, 4) is 5.75 Å². The number of piperazine rings is 1. The van der Waals surface area contributed by atoms with Gasteiger partial charge >= 0.3 is 5.97 Å². The van der Waals surface area contributed by atoms with Crippen LogP contribution in [0.25, 0.3) is 11.0 Å². The second kappa shape index (κ2) is 14.0. The molecule has 3 atom stereocenters. The molecule has 6 N–H and O–H groups in total. The predicted octanol–water partition coefficient (Wildman–Crippen LogP) is -1.04. The summed E-state index contributed by atoms with van der Waals surface area (Å²) >= 11 is 2.51. The number of H-pyrrole nitrogens is 1. The van der Waals surface area contributed by atoms with Crippen molar-refractivity contribution in [3.63, 3.8) is 0 Å². The molecule has 3 aromatic heterocycles. The molecule has 3 aliphatic heterocycles. The van der Waals surface area contributed by atoms with Gasteiger partial charge < -0.3 is 36.0 Å². The molecule has 51 heavy (non-hydrogen) atoms. The molecule has 19 nitrogen and oxygen atoms in total. The summed E-state index contributed by atoms with van der Waals surface area (Å²) in [5, 5.41) is 39.4. The van der Waals surface area contributed by atoms with Crippen LogP contribution in [0, 0.1) is 0 Å². The van der Waals surface area contributed by atoms with Gasteiger partial charge in [0.15, 0.2) is 0 Å². The van der Waals surface area contributed by atoms with E-state index in [-0.39, 0.29) is 45.1 Å². The first-order valence-electron chi connectivity index (χ1n) is 15.6. The number of benzene rings is 1. The number of carboxylic acid groups (broad SMARTS) is 1. The number of aromatic amines is 1. The summed E-state index contributed by atoms with van der Waals surface area (Å²) in [5.74, 6) is -2.74.